The Labute approximate surface area is 134 Å². The van der Waals surface area contributed by atoms with Crippen molar-refractivity contribution in [1.29, 1.82) is 0 Å². The van der Waals surface area contributed by atoms with E-state index >= 15 is 0 Å². The molecule has 1 heterocycles. The summed E-state index contributed by atoms with van der Waals surface area (Å²) in [5.74, 6) is -1.67. The fraction of sp³-hybridized carbons (Fsp3) is 0.786. The number of esters is 3. The molecule has 9 nitrogen and oxygen atoms in total. The van der Waals surface area contributed by atoms with Crippen molar-refractivity contribution in [2.75, 3.05) is 20.8 Å². The summed E-state index contributed by atoms with van der Waals surface area (Å²) in [5.41, 5.74) is 0. The molecule has 0 aromatic carbocycles. The van der Waals surface area contributed by atoms with E-state index in [1.54, 1.807) is 0 Å². The fourth-order valence-corrected chi connectivity index (χ4v) is 2.33. The van der Waals surface area contributed by atoms with E-state index in [-0.39, 0.29) is 6.61 Å². The molecule has 0 N–H and O–H groups in total. The maximum atomic E-state index is 11.4. The summed E-state index contributed by atoms with van der Waals surface area (Å²) < 4.78 is 31.4. The Bertz CT molecular complexity index is 436. The maximum absolute atomic E-state index is 11.4. The molecule has 0 saturated carbocycles. The third kappa shape index (κ3) is 5.45. The van der Waals surface area contributed by atoms with Crippen LogP contribution in [0.25, 0.3) is 0 Å². The Hall–Kier alpha value is -1.71. The lowest BCUT2D eigenvalue weighted by Crippen LogP contribution is -2.62. The number of carbonyl (C=O) groups excluding carboxylic acids is 3. The van der Waals surface area contributed by atoms with Crippen LogP contribution in [0.2, 0.25) is 0 Å². The average Bonchev–Trinajstić information content (AvgIpc) is 2.43. The summed E-state index contributed by atoms with van der Waals surface area (Å²) in [6, 6.07) is 0. The highest BCUT2D eigenvalue weighted by Gasteiger charge is 2.50. The van der Waals surface area contributed by atoms with Gasteiger partial charge in [0, 0.05) is 35.0 Å². The van der Waals surface area contributed by atoms with Gasteiger partial charge in [0.1, 0.15) is 18.8 Å². The summed E-state index contributed by atoms with van der Waals surface area (Å²) in [7, 11) is 2.75. The van der Waals surface area contributed by atoms with Gasteiger partial charge in [-0.3, -0.25) is 14.4 Å². The molecule has 0 spiro atoms. The lowest BCUT2D eigenvalue weighted by molar-refractivity contribution is -0.302. The second kappa shape index (κ2) is 8.80. The first kappa shape index (κ1) is 19.3. The monoisotopic (exact) mass is 334 g/mol. The molecule has 1 aliphatic rings. The van der Waals surface area contributed by atoms with Crippen LogP contribution in [-0.2, 0) is 42.8 Å². The zero-order chi connectivity index (χ0) is 17.6. The second-order valence-corrected chi connectivity index (χ2v) is 4.93. The van der Waals surface area contributed by atoms with Gasteiger partial charge in [-0.15, -0.1) is 0 Å². The quantitative estimate of drug-likeness (QED) is 0.482. The molecule has 23 heavy (non-hydrogen) atoms. The van der Waals surface area contributed by atoms with Crippen molar-refractivity contribution in [3.63, 3.8) is 0 Å². The number of hydrogen-bond donors (Lipinski definition) is 0. The smallest absolute Gasteiger partial charge is 0.305 e. The standard InChI is InChI=1S/C14H22O9/c1-7(15)20-6-10-11(18-4)12(21-8(2)16)13(19-5)14(23-10)22-9(3)17/h10-14H,6H2,1-5H3/t10?,11-,12?,13?,14-/m1/s1. The molecule has 132 valence electrons. The summed E-state index contributed by atoms with van der Waals surface area (Å²) in [4.78, 5) is 33.6. The van der Waals surface area contributed by atoms with Crippen LogP contribution in [-0.4, -0.2) is 69.4 Å². The number of carbonyl (C=O) groups is 3. The van der Waals surface area contributed by atoms with Gasteiger partial charge in [0.2, 0.25) is 6.29 Å². The Morgan fingerprint density at radius 2 is 1.39 bits per heavy atom. The molecule has 0 aromatic heterocycles. The largest absolute Gasteiger partial charge is 0.463 e. The van der Waals surface area contributed by atoms with Gasteiger partial charge in [0.05, 0.1) is 0 Å². The van der Waals surface area contributed by atoms with Gasteiger partial charge in [-0.1, -0.05) is 0 Å². The van der Waals surface area contributed by atoms with Crippen molar-refractivity contribution >= 4 is 17.9 Å². The van der Waals surface area contributed by atoms with Gasteiger partial charge in [0.15, 0.2) is 12.2 Å². The summed E-state index contributed by atoms with van der Waals surface area (Å²) in [5, 5.41) is 0. The lowest BCUT2D eigenvalue weighted by atomic mass is 9.98. The third-order valence-corrected chi connectivity index (χ3v) is 3.17. The Kier molecular flexibility index (Phi) is 7.40. The van der Waals surface area contributed by atoms with Crippen molar-refractivity contribution < 1.29 is 42.8 Å². The summed E-state index contributed by atoms with van der Waals surface area (Å²) >= 11 is 0. The van der Waals surface area contributed by atoms with Gasteiger partial charge in [-0.05, 0) is 0 Å². The fourth-order valence-electron chi connectivity index (χ4n) is 2.33. The Morgan fingerprint density at radius 1 is 0.826 bits per heavy atom. The van der Waals surface area contributed by atoms with E-state index in [4.69, 9.17) is 28.4 Å². The highest BCUT2D eigenvalue weighted by Crippen LogP contribution is 2.28. The maximum Gasteiger partial charge on any atom is 0.305 e. The zero-order valence-electron chi connectivity index (χ0n) is 13.8. The minimum absolute atomic E-state index is 0.153. The van der Waals surface area contributed by atoms with E-state index < -0.39 is 48.6 Å². The molecule has 0 aromatic rings. The zero-order valence-corrected chi connectivity index (χ0v) is 13.8. The molecule has 0 bridgehead atoms. The number of hydrogen-bond acceptors (Lipinski definition) is 9. The molecule has 0 aliphatic carbocycles. The minimum atomic E-state index is -1.13. The highest BCUT2D eigenvalue weighted by molar-refractivity contribution is 5.67. The van der Waals surface area contributed by atoms with Crippen LogP contribution < -0.4 is 0 Å². The van der Waals surface area contributed by atoms with Gasteiger partial charge in [-0.2, -0.15) is 0 Å². The molecule has 0 radical (unpaired) electrons. The van der Waals surface area contributed by atoms with Crippen molar-refractivity contribution in [3.8, 4) is 0 Å². The van der Waals surface area contributed by atoms with Crippen LogP contribution in [0.1, 0.15) is 20.8 Å². The predicted molar refractivity (Wildman–Crippen MR) is 74.2 cm³/mol. The van der Waals surface area contributed by atoms with E-state index in [2.05, 4.69) is 0 Å². The topological polar surface area (TPSA) is 107 Å². The van der Waals surface area contributed by atoms with Crippen molar-refractivity contribution in [2.24, 2.45) is 0 Å². The Balaban J connectivity index is 3.04. The second-order valence-electron chi connectivity index (χ2n) is 4.93. The van der Waals surface area contributed by atoms with Crippen LogP contribution in [0.15, 0.2) is 0 Å². The van der Waals surface area contributed by atoms with E-state index in [9.17, 15) is 14.4 Å². The molecule has 9 heteroatoms. The average molecular weight is 334 g/mol. The summed E-state index contributed by atoms with van der Waals surface area (Å²) in [6.45, 7) is 3.53. The normalized spacial score (nSPS) is 30.4. The molecule has 1 rings (SSSR count). The molecule has 1 saturated heterocycles. The molecular weight excluding hydrogens is 312 g/mol. The molecule has 5 atom stereocenters. The Morgan fingerprint density at radius 3 is 1.83 bits per heavy atom. The van der Waals surface area contributed by atoms with Gasteiger partial charge in [-0.25, -0.2) is 0 Å². The molecule has 1 fully saturated rings. The van der Waals surface area contributed by atoms with Crippen LogP contribution in [0, 0.1) is 0 Å². The first-order valence-corrected chi connectivity index (χ1v) is 6.99. The van der Waals surface area contributed by atoms with Crippen LogP contribution >= 0.6 is 0 Å². The van der Waals surface area contributed by atoms with Gasteiger partial charge < -0.3 is 28.4 Å². The van der Waals surface area contributed by atoms with Crippen molar-refractivity contribution in [3.05, 3.63) is 0 Å². The minimum Gasteiger partial charge on any atom is -0.463 e. The number of methoxy groups -OCH3 is 2. The predicted octanol–water partition coefficient (Wildman–Crippen LogP) is -0.201. The van der Waals surface area contributed by atoms with Gasteiger partial charge >= 0.3 is 17.9 Å². The van der Waals surface area contributed by atoms with Crippen LogP contribution in [0.5, 0.6) is 0 Å². The van der Waals surface area contributed by atoms with Crippen LogP contribution in [0.4, 0.5) is 0 Å². The molecule has 0 amide bonds. The van der Waals surface area contributed by atoms with Gasteiger partial charge in [0.25, 0.3) is 0 Å². The van der Waals surface area contributed by atoms with Crippen LogP contribution in [0.3, 0.4) is 0 Å². The lowest BCUT2D eigenvalue weighted by Gasteiger charge is -2.43. The summed E-state index contributed by atoms with van der Waals surface area (Å²) in [6.07, 6.45) is -4.49. The van der Waals surface area contributed by atoms with E-state index in [1.165, 1.54) is 35.0 Å². The van der Waals surface area contributed by atoms with E-state index in [1.807, 2.05) is 0 Å². The SMILES string of the molecule is COC1C(OC(C)=O)[C@H](OC)C(COC(C)=O)O[C@H]1OC(C)=O. The first-order chi connectivity index (χ1) is 10.8. The number of rotatable bonds is 6. The third-order valence-electron chi connectivity index (χ3n) is 3.17. The molecular formula is C14H22O9. The number of ether oxygens (including phenoxy) is 6. The first-order valence-electron chi connectivity index (χ1n) is 6.99. The molecule has 1 aliphatic heterocycles. The highest BCUT2D eigenvalue weighted by atomic mass is 16.7. The van der Waals surface area contributed by atoms with Crippen molar-refractivity contribution in [1.82, 2.24) is 0 Å². The van der Waals surface area contributed by atoms with E-state index in [0.29, 0.717) is 0 Å². The van der Waals surface area contributed by atoms with E-state index in [0.717, 1.165) is 0 Å². The molecule has 3 unspecified atom stereocenters. The van der Waals surface area contributed by atoms with Crippen molar-refractivity contribution in [2.45, 2.75) is 51.5 Å².